The van der Waals surface area contributed by atoms with Crippen molar-refractivity contribution in [2.75, 3.05) is 0 Å². The first-order valence-corrected chi connectivity index (χ1v) is 4.34. The molecule has 0 saturated heterocycles. The van der Waals surface area contributed by atoms with Gasteiger partial charge in [-0.05, 0) is 13.3 Å². The van der Waals surface area contributed by atoms with Crippen LogP contribution in [0.4, 0.5) is 0 Å². The quantitative estimate of drug-likeness (QED) is 0.562. The van der Waals surface area contributed by atoms with E-state index in [0.29, 0.717) is 0 Å². The minimum atomic E-state index is -1.01. The predicted octanol–water partition coefficient (Wildman–Crippen LogP) is 2.25. The maximum Gasteiger partial charge on any atom is 0.180 e. The zero-order chi connectivity index (χ0) is 7.11. The predicted molar refractivity (Wildman–Crippen MR) is 40.5 cm³/mol. The smallest absolute Gasteiger partial charge is 0.180 e. The minimum absolute atomic E-state index is 0.192. The summed E-state index contributed by atoms with van der Waals surface area (Å²) in [7, 11) is -1.01. The van der Waals surface area contributed by atoms with Crippen molar-refractivity contribution in [3.8, 4) is 0 Å². The molecule has 0 amide bonds. The molecule has 0 aromatic rings. The summed E-state index contributed by atoms with van der Waals surface area (Å²) >= 11 is 0. The van der Waals surface area contributed by atoms with Gasteiger partial charge in [-0.1, -0.05) is 19.8 Å². The Balaban J connectivity index is 3.04. The van der Waals surface area contributed by atoms with Crippen LogP contribution in [-0.2, 0) is 9.09 Å². The second-order valence-electron chi connectivity index (χ2n) is 2.19. The Kier molecular flexibility index (Phi) is 6.45. The van der Waals surface area contributed by atoms with E-state index in [4.69, 9.17) is 4.52 Å². The van der Waals surface area contributed by atoms with Gasteiger partial charge in [0.25, 0.3) is 0 Å². The second kappa shape index (κ2) is 6.31. The van der Waals surface area contributed by atoms with E-state index in [1.165, 1.54) is 12.8 Å². The summed E-state index contributed by atoms with van der Waals surface area (Å²) in [6.45, 7) is 4.09. The van der Waals surface area contributed by atoms with Crippen LogP contribution in [-0.4, -0.2) is 6.10 Å². The van der Waals surface area contributed by atoms with Crippen molar-refractivity contribution >= 4 is 8.69 Å². The molecule has 0 aromatic carbocycles. The first-order valence-electron chi connectivity index (χ1n) is 3.40. The average Bonchev–Trinajstić information content (AvgIpc) is 1.85. The third kappa shape index (κ3) is 6.07. The van der Waals surface area contributed by atoms with Crippen molar-refractivity contribution in [1.29, 1.82) is 0 Å². The van der Waals surface area contributed by atoms with Gasteiger partial charge in [-0.3, -0.25) is 4.57 Å². The molecule has 0 aliphatic heterocycles. The van der Waals surface area contributed by atoms with Crippen molar-refractivity contribution in [3.63, 3.8) is 0 Å². The Morgan fingerprint density at radius 2 is 2.33 bits per heavy atom. The molecule has 2 nitrogen and oxygen atoms in total. The molecular formula is C6H15O2P. The van der Waals surface area contributed by atoms with Crippen LogP contribution in [0, 0.1) is 0 Å². The van der Waals surface area contributed by atoms with E-state index in [2.05, 4.69) is 6.92 Å². The lowest BCUT2D eigenvalue weighted by Gasteiger charge is -2.05. The van der Waals surface area contributed by atoms with Crippen LogP contribution in [0.15, 0.2) is 0 Å². The van der Waals surface area contributed by atoms with Crippen LogP contribution in [0.1, 0.15) is 33.1 Å². The SMILES string of the molecule is CCCCC(C)O[PH2]=O. The van der Waals surface area contributed by atoms with Gasteiger partial charge >= 0.3 is 0 Å². The fourth-order valence-corrected chi connectivity index (χ4v) is 0.980. The molecular weight excluding hydrogens is 135 g/mol. The Hall–Kier alpha value is 0.190. The molecule has 3 heteroatoms. The average molecular weight is 150 g/mol. The Labute approximate surface area is 57.9 Å². The zero-order valence-electron chi connectivity index (χ0n) is 6.09. The van der Waals surface area contributed by atoms with E-state index >= 15 is 0 Å². The standard InChI is InChI=1S/C6H15O2P/c1-3-4-5-6(2)8-9-7/h6H,3-5,9H2,1-2H3. The van der Waals surface area contributed by atoms with E-state index in [9.17, 15) is 4.57 Å². The lowest BCUT2D eigenvalue weighted by atomic mass is 10.2. The van der Waals surface area contributed by atoms with Crippen LogP contribution in [0.2, 0.25) is 0 Å². The first kappa shape index (κ1) is 9.19. The van der Waals surface area contributed by atoms with Gasteiger partial charge in [0, 0.05) is 0 Å². The monoisotopic (exact) mass is 150 g/mol. The Morgan fingerprint density at radius 3 is 2.78 bits per heavy atom. The van der Waals surface area contributed by atoms with Gasteiger partial charge in [0.05, 0.1) is 6.10 Å². The number of hydrogen-bond acceptors (Lipinski definition) is 2. The van der Waals surface area contributed by atoms with Crippen molar-refractivity contribution < 1.29 is 9.09 Å². The summed E-state index contributed by atoms with van der Waals surface area (Å²) in [6, 6.07) is 0. The van der Waals surface area contributed by atoms with Gasteiger partial charge in [0.1, 0.15) is 0 Å². The van der Waals surface area contributed by atoms with Gasteiger partial charge < -0.3 is 4.52 Å². The molecule has 0 spiro atoms. The molecule has 0 bridgehead atoms. The molecule has 0 aliphatic carbocycles. The van der Waals surface area contributed by atoms with Crippen molar-refractivity contribution in [3.05, 3.63) is 0 Å². The Morgan fingerprint density at radius 1 is 1.67 bits per heavy atom. The molecule has 0 aromatic heterocycles. The van der Waals surface area contributed by atoms with E-state index in [0.717, 1.165) is 6.42 Å². The summed E-state index contributed by atoms with van der Waals surface area (Å²) in [5, 5.41) is 0. The number of unbranched alkanes of at least 4 members (excludes halogenated alkanes) is 1. The maximum atomic E-state index is 9.96. The third-order valence-electron chi connectivity index (χ3n) is 1.25. The van der Waals surface area contributed by atoms with E-state index in [1.54, 1.807) is 0 Å². The first-order chi connectivity index (χ1) is 4.31. The molecule has 56 valence electrons. The summed E-state index contributed by atoms with van der Waals surface area (Å²) in [5.74, 6) is 0. The van der Waals surface area contributed by atoms with Gasteiger partial charge in [0.2, 0.25) is 0 Å². The van der Waals surface area contributed by atoms with Crippen molar-refractivity contribution in [2.45, 2.75) is 39.2 Å². The van der Waals surface area contributed by atoms with Crippen LogP contribution in [0.3, 0.4) is 0 Å². The molecule has 9 heavy (non-hydrogen) atoms. The van der Waals surface area contributed by atoms with Crippen molar-refractivity contribution in [1.82, 2.24) is 0 Å². The molecule has 0 aliphatic rings. The van der Waals surface area contributed by atoms with Crippen LogP contribution in [0.5, 0.6) is 0 Å². The normalized spacial score (nSPS) is 14.9. The second-order valence-corrected chi connectivity index (χ2v) is 2.65. The van der Waals surface area contributed by atoms with Gasteiger partial charge in [0.15, 0.2) is 8.69 Å². The fraction of sp³-hybridized carbons (Fsp3) is 1.00. The largest absolute Gasteiger partial charge is 0.329 e. The fourth-order valence-electron chi connectivity index (χ4n) is 0.654. The van der Waals surface area contributed by atoms with Crippen LogP contribution in [0.25, 0.3) is 0 Å². The van der Waals surface area contributed by atoms with E-state index in [-0.39, 0.29) is 6.10 Å². The molecule has 0 saturated carbocycles. The van der Waals surface area contributed by atoms with Crippen molar-refractivity contribution in [2.24, 2.45) is 0 Å². The van der Waals surface area contributed by atoms with Crippen LogP contribution >= 0.6 is 8.69 Å². The highest BCUT2D eigenvalue weighted by Gasteiger charge is 1.97. The molecule has 2 atom stereocenters. The molecule has 0 rings (SSSR count). The lowest BCUT2D eigenvalue weighted by Crippen LogP contribution is -1.99. The highest BCUT2D eigenvalue weighted by atomic mass is 31.1. The van der Waals surface area contributed by atoms with Gasteiger partial charge in [-0.2, -0.15) is 0 Å². The maximum absolute atomic E-state index is 9.96. The highest BCUT2D eigenvalue weighted by Crippen LogP contribution is 2.08. The highest BCUT2D eigenvalue weighted by molar-refractivity contribution is 7.17. The van der Waals surface area contributed by atoms with E-state index in [1.807, 2.05) is 6.92 Å². The summed E-state index contributed by atoms with van der Waals surface area (Å²) < 4.78 is 14.8. The van der Waals surface area contributed by atoms with Gasteiger partial charge in [-0.15, -0.1) is 0 Å². The molecule has 0 N–H and O–H groups in total. The van der Waals surface area contributed by atoms with E-state index < -0.39 is 8.69 Å². The molecule has 2 unspecified atom stereocenters. The topological polar surface area (TPSA) is 26.3 Å². The summed E-state index contributed by atoms with van der Waals surface area (Å²) in [6.07, 6.45) is 3.58. The van der Waals surface area contributed by atoms with Gasteiger partial charge in [-0.25, -0.2) is 0 Å². The molecule has 0 heterocycles. The number of hydrogen-bond donors (Lipinski definition) is 0. The lowest BCUT2D eigenvalue weighted by molar-refractivity contribution is 0.229. The summed E-state index contributed by atoms with van der Waals surface area (Å²) in [5.41, 5.74) is 0. The zero-order valence-corrected chi connectivity index (χ0v) is 7.25. The van der Waals surface area contributed by atoms with Crippen LogP contribution < -0.4 is 0 Å². The molecule has 0 radical (unpaired) electrons. The minimum Gasteiger partial charge on any atom is -0.329 e. The molecule has 0 fully saturated rings. The Bertz CT molecular complexity index is 75.5. The summed E-state index contributed by atoms with van der Waals surface area (Å²) in [4.78, 5) is 0. The third-order valence-corrected chi connectivity index (χ3v) is 1.83. The number of rotatable bonds is 5.